The Morgan fingerprint density at radius 2 is 2.00 bits per heavy atom. The monoisotopic (exact) mass is 330 g/mol. The fraction of sp³-hybridized carbons (Fsp3) is 0.538. The van der Waals surface area contributed by atoms with Gasteiger partial charge in [0.1, 0.15) is 10.7 Å². The van der Waals surface area contributed by atoms with Gasteiger partial charge in [-0.3, -0.25) is 4.68 Å². The zero-order chi connectivity index (χ0) is 15.6. The molecule has 116 valence electrons. The Morgan fingerprint density at radius 1 is 1.29 bits per heavy atom. The molecule has 0 amide bonds. The lowest BCUT2D eigenvalue weighted by molar-refractivity contribution is 0.560. The van der Waals surface area contributed by atoms with Crippen LogP contribution < -0.4 is 0 Å². The molecule has 0 unspecified atom stereocenters. The third kappa shape index (κ3) is 3.29. The lowest BCUT2D eigenvalue weighted by atomic mass is 10.2. The molecule has 2 heterocycles. The molecule has 0 aliphatic carbocycles. The number of aromatic nitrogens is 4. The number of aryl methyl sites for hydroxylation is 4. The molecule has 0 fully saturated rings. The van der Waals surface area contributed by atoms with Crippen LogP contribution in [0.15, 0.2) is 17.3 Å². The van der Waals surface area contributed by atoms with E-state index in [0.717, 1.165) is 5.82 Å². The number of nitrogens with zero attached hydrogens (tertiary/aromatic N) is 4. The Hall–Kier alpha value is -1.34. The number of hydrogen-bond donors (Lipinski definition) is 0. The van der Waals surface area contributed by atoms with Gasteiger partial charge >= 0.3 is 0 Å². The summed E-state index contributed by atoms with van der Waals surface area (Å²) in [6, 6.07) is 0. The van der Waals surface area contributed by atoms with Crippen LogP contribution in [0.4, 0.5) is 0 Å². The Balaban J connectivity index is 2.36. The van der Waals surface area contributed by atoms with E-state index in [1.807, 2.05) is 31.7 Å². The average Bonchev–Trinajstić information content (AvgIpc) is 2.98. The first-order valence-electron chi connectivity index (χ1n) is 6.87. The maximum atomic E-state index is 11.8. The number of imidazole rings is 1. The molecule has 2 aromatic rings. The molecule has 0 bridgehead atoms. The van der Waals surface area contributed by atoms with Crippen molar-refractivity contribution in [1.82, 2.24) is 19.3 Å². The highest BCUT2D eigenvalue weighted by Crippen LogP contribution is 2.25. The van der Waals surface area contributed by atoms with E-state index in [9.17, 15) is 8.42 Å². The molecular formula is C13H19ClN4O2S. The fourth-order valence-corrected chi connectivity index (χ4v) is 3.95. The van der Waals surface area contributed by atoms with E-state index >= 15 is 0 Å². The van der Waals surface area contributed by atoms with Crippen molar-refractivity contribution in [2.24, 2.45) is 7.05 Å². The highest BCUT2D eigenvalue weighted by Gasteiger charge is 2.25. The highest BCUT2D eigenvalue weighted by molar-refractivity contribution is 8.13. The molecule has 0 spiro atoms. The standard InChI is InChI=1S/C13H19ClN4O2S/c1-4-10-13(21(14,19)20)11(5-2)18(16-10)8-6-12-15-7-9-17(12)3/h7,9H,4-6,8H2,1-3H3. The Labute approximate surface area is 129 Å². The SMILES string of the molecule is CCc1nn(CCc2nccn2C)c(CC)c1S(=O)(=O)Cl. The van der Waals surface area contributed by atoms with Crippen molar-refractivity contribution in [2.75, 3.05) is 0 Å². The molecule has 0 radical (unpaired) electrons. The van der Waals surface area contributed by atoms with E-state index in [2.05, 4.69) is 10.1 Å². The summed E-state index contributed by atoms with van der Waals surface area (Å²) < 4.78 is 27.3. The fourth-order valence-electron chi connectivity index (χ4n) is 2.42. The molecule has 21 heavy (non-hydrogen) atoms. The molecule has 0 saturated heterocycles. The average molecular weight is 331 g/mol. The molecule has 0 aliphatic rings. The Kier molecular flexibility index (Phi) is 4.73. The zero-order valence-corrected chi connectivity index (χ0v) is 13.9. The van der Waals surface area contributed by atoms with Crippen LogP contribution in [0.1, 0.15) is 31.1 Å². The summed E-state index contributed by atoms with van der Waals surface area (Å²) in [6.07, 6.45) is 5.40. The van der Waals surface area contributed by atoms with Crippen LogP contribution in [-0.2, 0) is 41.9 Å². The molecule has 0 aliphatic heterocycles. The number of hydrogen-bond acceptors (Lipinski definition) is 4. The molecule has 2 rings (SSSR count). The molecule has 2 aromatic heterocycles. The van der Waals surface area contributed by atoms with E-state index in [4.69, 9.17) is 10.7 Å². The third-order valence-electron chi connectivity index (χ3n) is 3.46. The van der Waals surface area contributed by atoms with Crippen molar-refractivity contribution in [3.8, 4) is 0 Å². The minimum atomic E-state index is -3.78. The van der Waals surface area contributed by atoms with Crippen molar-refractivity contribution in [2.45, 2.75) is 44.6 Å². The van der Waals surface area contributed by atoms with Crippen LogP contribution in [-0.4, -0.2) is 27.7 Å². The summed E-state index contributed by atoms with van der Waals surface area (Å²) >= 11 is 0. The molecule has 0 saturated carbocycles. The van der Waals surface area contributed by atoms with E-state index in [1.54, 1.807) is 10.9 Å². The number of halogens is 1. The van der Waals surface area contributed by atoms with Gasteiger partial charge in [-0.2, -0.15) is 5.10 Å². The minimum absolute atomic E-state index is 0.175. The number of rotatable bonds is 6. The second-order valence-electron chi connectivity index (χ2n) is 4.79. The second kappa shape index (κ2) is 6.19. The van der Waals surface area contributed by atoms with Gasteiger partial charge in [0.15, 0.2) is 0 Å². The molecule has 0 N–H and O–H groups in total. The normalized spacial score (nSPS) is 12.0. The second-order valence-corrected chi connectivity index (χ2v) is 7.30. The van der Waals surface area contributed by atoms with Gasteiger partial charge < -0.3 is 4.57 Å². The van der Waals surface area contributed by atoms with Gasteiger partial charge in [-0.15, -0.1) is 0 Å². The van der Waals surface area contributed by atoms with Gasteiger partial charge in [0.2, 0.25) is 0 Å². The molecule has 0 aromatic carbocycles. The van der Waals surface area contributed by atoms with Gasteiger partial charge in [-0.25, -0.2) is 13.4 Å². The van der Waals surface area contributed by atoms with Gasteiger partial charge in [0.05, 0.1) is 11.4 Å². The summed E-state index contributed by atoms with van der Waals surface area (Å²) in [5.41, 5.74) is 1.19. The van der Waals surface area contributed by atoms with Gasteiger partial charge in [-0.05, 0) is 12.8 Å². The minimum Gasteiger partial charge on any atom is -0.338 e. The maximum Gasteiger partial charge on any atom is 0.264 e. The first kappa shape index (κ1) is 16.0. The maximum absolute atomic E-state index is 11.8. The van der Waals surface area contributed by atoms with Crippen LogP contribution in [0.25, 0.3) is 0 Å². The van der Waals surface area contributed by atoms with E-state index in [1.165, 1.54) is 0 Å². The first-order chi connectivity index (χ1) is 9.88. The Bertz CT molecular complexity index is 733. The third-order valence-corrected chi connectivity index (χ3v) is 4.88. The van der Waals surface area contributed by atoms with Crippen LogP contribution >= 0.6 is 10.7 Å². The molecular weight excluding hydrogens is 312 g/mol. The Morgan fingerprint density at radius 3 is 2.48 bits per heavy atom. The topological polar surface area (TPSA) is 69.8 Å². The van der Waals surface area contributed by atoms with Crippen LogP contribution in [0.5, 0.6) is 0 Å². The first-order valence-corrected chi connectivity index (χ1v) is 9.18. The predicted molar refractivity (Wildman–Crippen MR) is 80.9 cm³/mol. The highest BCUT2D eigenvalue weighted by atomic mass is 35.7. The zero-order valence-electron chi connectivity index (χ0n) is 12.4. The largest absolute Gasteiger partial charge is 0.338 e. The van der Waals surface area contributed by atoms with E-state index in [-0.39, 0.29) is 4.90 Å². The van der Waals surface area contributed by atoms with Crippen molar-refractivity contribution in [3.63, 3.8) is 0 Å². The molecule has 8 heteroatoms. The van der Waals surface area contributed by atoms with Gasteiger partial charge in [0, 0.05) is 43.1 Å². The van der Waals surface area contributed by atoms with Crippen molar-refractivity contribution in [3.05, 3.63) is 29.6 Å². The van der Waals surface area contributed by atoms with Crippen LogP contribution in [0.3, 0.4) is 0 Å². The summed E-state index contributed by atoms with van der Waals surface area (Å²) in [5.74, 6) is 0.931. The summed E-state index contributed by atoms with van der Waals surface area (Å²) in [5, 5.41) is 4.41. The predicted octanol–water partition coefficient (Wildman–Crippen LogP) is 1.91. The summed E-state index contributed by atoms with van der Waals surface area (Å²) in [7, 11) is 3.72. The van der Waals surface area contributed by atoms with E-state index < -0.39 is 9.05 Å². The lowest BCUT2D eigenvalue weighted by Gasteiger charge is -2.07. The smallest absolute Gasteiger partial charge is 0.264 e. The van der Waals surface area contributed by atoms with Crippen molar-refractivity contribution in [1.29, 1.82) is 0 Å². The van der Waals surface area contributed by atoms with Gasteiger partial charge in [0.25, 0.3) is 9.05 Å². The van der Waals surface area contributed by atoms with Crippen LogP contribution in [0.2, 0.25) is 0 Å². The molecule has 6 nitrogen and oxygen atoms in total. The lowest BCUT2D eigenvalue weighted by Crippen LogP contribution is -2.10. The van der Waals surface area contributed by atoms with Gasteiger partial charge in [-0.1, -0.05) is 13.8 Å². The van der Waals surface area contributed by atoms with Crippen molar-refractivity contribution >= 4 is 19.7 Å². The summed E-state index contributed by atoms with van der Waals surface area (Å²) in [6.45, 7) is 4.35. The molecule has 0 atom stereocenters. The van der Waals surface area contributed by atoms with Crippen LogP contribution in [0, 0.1) is 0 Å². The summed E-state index contributed by atoms with van der Waals surface area (Å²) in [4.78, 5) is 4.44. The van der Waals surface area contributed by atoms with Crippen molar-refractivity contribution < 1.29 is 8.42 Å². The van der Waals surface area contributed by atoms with E-state index in [0.29, 0.717) is 37.2 Å². The quantitative estimate of drug-likeness (QED) is 0.759.